The van der Waals surface area contributed by atoms with Crippen LogP contribution in [-0.4, -0.2) is 26.2 Å². The van der Waals surface area contributed by atoms with E-state index in [0.29, 0.717) is 30.4 Å². The zero-order chi connectivity index (χ0) is 16.2. The van der Waals surface area contributed by atoms with Gasteiger partial charge in [-0.1, -0.05) is 30.3 Å². The second kappa shape index (κ2) is 6.58. The van der Waals surface area contributed by atoms with E-state index in [9.17, 15) is 9.59 Å². The summed E-state index contributed by atoms with van der Waals surface area (Å²) in [6.07, 6.45) is 2.89. The first-order valence-corrected chi connectivity index (χ1v) is 7.45. The second-order valence-electron chi connectivity index (χ2n) is 5.37. The normalized spacial score (nSPS) is 11.0. The number of benzene rings is 1. The molecule has 3 rings (SSSR count). The van der Waals surface area contributed by atoms with Crippen molar-refractivity contribution in [2.24, 2.45) is 0 Å². The fourth-order valence-corrected chi connectivity index (χ4v) is 2.54. The number of aryl methyl sites for hydroxylation is 1. The first-order valence-electron chi connectivity index (χ1n) is 7.45. The summed E-state index contributed by atoms with van der Waals surface area (Å²) in [5, 5.41) is 9.29. The molecule has 0 unspecified atom stereocenters. The number of aromatic nitrogens is 3. The van der Waals surface area contributed by atoms with Gasteiger partial charge in [0, 0.05) is 12.8 Å². The van der Waals surface area contributed by atoms with Gasteiger partial charge in [-0.05, 0) is 30.0 Å². The third kappa shape index (κ3) is 3.22. The molecule has 0 amide bonds. The van der Waals surface area contributed by atoms with E-state index in [2.05, 4.69) is 9.97 Å². The quantitative estimate of drug-likeness (QED) is 0.737. The van der Waals surface area contributed by atoms with Gasteiger partial charge in [0.2, 0.25) is 0 Å². The molecule has 6 heteroatoms. The predicted molar refractivity (Wildman–Crippen MR) is 87.6 cm³/mol. The number of aliphatic hydroxyl groups excluding tert-OH is 1. The molecule has 0 fully saturated rings. The third-order valence-electron chi connectivity index (χ3n) is 3.70. The van der Waals surface area contributed by atoms with Crippen LogP contribution in [0, 0.1) is 0 Å². The lowest BCUT2D eigenvalue weighted by Gasteiger charge is -2.09. The topological polar surface area (TPSA) is 88.0 Å². The van der Waals surface area contributed by atoms with Gasteiger partial charge in [-0.3, -0.25) is 14.3 Å². The molecule has 0 saturated heterocycles. The second-order valence-corrected chi connectivity index (χ2v) is 5.37. The summed E-state index contributed by atoms with van der Waals surface area (Å²) in [5.41, 5.74) is 1.28. The summed E-state index contributed by atoms with van der Waals surface area (Å²) >= 11 is 0. The average molecular weight is 311 g/mol. The van der Waals surface area contributed by atoms with Crippen molar-refractivity contribution in [3.8, 4) is 0 Å². The van der Waals surface area contributed by atoms with E-state index < -0.39 is 11.2 Å². The molecule has 23 heavy (non-hydrogen) atoms. The molecule has 0 aliphatic heterocycles. The van der Waals surface area contributed by atoms with E-state index >= 15 is 0 Å². The number of fused-ring (bicyclic) bond motifs is 1. The van der Waals surface area contributed by atoms with Crippen LogP contribution in [-0.2, 0) is 13.0 Å². The van der Waals surface area contributed by atoms with Gasteiger partial charge in [-0.2, -0.15) is 0 Å². The number of hydrogen-bond donors (Lipinski definition) is 2. The van der Waals surface area contributed by atoms with E-state index in [0.717, 1.165) is 11.1 Å². The number of hydrogen-bond acceptors (Lipinski definition) is 4. The van der Waals surface area contributed by atoms with Crippen LogP contribution in [0.4, 0.5) is 0 Å². The molecule has 0 bridgehead atoms. The number of rotatable bonds is 5. The predicted octanol–water partition coefficient (Wildman–Crippen LogP) is 1.06. The summed E-state index contributed by atoms with van der Waals surface area (Å²) in [5.74, 6) is 0. The van der Waals surface area contributed by atoms with Crippen LogP contribution in [0.2, 0.25) is 0 Å². The fraction of sp³-hybridized carbons (Fsp3) is 0.235. The number of aliphatic hydroxyl groups is 1. The largest absolute Gasteiger partial charge is 0.396 e. The van der Waals surface area contributed by atoms with Crippen molar-refractivity contribution < 1.29 is 5.11 Å². The van der Waals surface area contributed by atoms with Gasteiger partial charge >= 0.3 is 5.69 Å². The molecule has 0 atom stereocenters. The standard InChI is InChI=1S/C17H17N3O3/c21-8-4-7-13-9-14-15(18-10-13)20(17(23)19-16(14)22)11-12-5-2-1-3-6-12/h1-3,5-6,9-10,21H,4,7-8,11H2,(H,19,22,23). The first-order chi connectivity index (χ1) is 11.2. The number of aromatic amines is 1. The van der Waals surface area contributed by atoms with Crippen LogP contribution in [0.15, 0.2) is 52.2 Å². The molecule has 0 spiro atoms. The smallest absolute Gasteiger partial charge is 0.330 e. The molecule has 0 saturated carbocycles. The highest BCUT2D eigenvalue weighted by Gasteiger charge is 2.10. The van der Waals surface area contributed by atoms with Crippen molar-refractivity contribution in [2.45, 2.75) is 19.4 Å². The number of pyridine rings is 1. The fourth-order valence-electron chi connectivity index (χ4n) is 2.54. The van der Waals surface area contributed by atoms with Crippen LogP contribution in [0.1, 0.15) is 17.5 Å². The zero-order valence-electron chi connectivity index (χ0n) is 12.5. The molecule has 1 aromatic carbocycles. The van der Waals surface area contributed by atoms with Crippen molar-refractivity contribution in [1.82, 2.24) is 14.5 Å². The van der Waals surface area contributed by atoms with Gasteiger partial charge in [0.05, 0.1) is 11.9 Å². The number of nitrogens with one attached hydrogen (secondary N) is 1. The van der Waals surface area contributed by atoms with Crippen LogP contribution in [0.5, 0.6) is 0 Å². The lowest BCUT2D eigenvalue weighted by Crippen LogP contribution is -2.31. The van der Waals surface area contributed by atoms with Crippen molar-refractivity contribution in [2.75, 3.05) is 6.61 Å². The maximum absolute atomic E-state index is 12.1. The Morgan fingerprint density at radius 1 is 1.13 bits per heavy atom. The van der Waals surface area contributed by atoms with E-state index in [1.54, 1.807) is 12.3 Å². The van der Waals surface area contributed by atoms with Crippen LogP contribution < -0.4 is 11.2 Å². The summed E-state index contributed by atoms with van der Waals surface area (Å²) in [4.78, 5) is 30.9. The Balaban J connectivity index is 2.10. The van der Waals surface area contributed by atoms with Crippen LogP contribution in [0.25, 0.3) is 11.0 Å². The lowest BCUT2D eigenvalue weighted by atomic mass is 10.1. The molecule has 118 valence electrons. The Bertz CT molecular complexity index is 929. The maximum Gasteiger partial charge on any atom is 0.330 e. The lowest BCUT2D eigenvalue weighted by molar-refractivity contribution is 0.288. The van der Waals surface area contributed by atoms with E-state index in [-0.39, 0.29) is 6.61 Å². The van der Waals surface area contributed by atoms with E-state index in [1.807, 2.05) is 30.3 Å². The monoisotopic (exact) mass is 311 g/mol. The summed E-state index contributed by atoms with van der Waals surface area (Å²) in [7, 11) is 0. The van der Waals surface area contributed by atoms with Gasteiger partial charge in [0.25, 0.3) is 5.56 Å². The van der Waals surface area contributed by atoms with Gasteiger partial charge in [0.15, 0.2) is 0 Å². The summed E-state index contributed by atoms with van der Waals surface area (Å²) < 4.78 is 1.46. The highest BCUT2D eigenvalue weighted by Crippen LogP contribution is 2.11. The molecular weight excluding hydrogens is 294 g/mol. The van der Waals surface area contributed by atoms with Crippen LogP contribution in [0.3, 0.4) is 0 Å². The summed E-state index contributed by atoms with van der Waals surface area (Å²) in [6.45, 7) is 0.428. The molecular formula is C17H17N3O3. The Morgan fingerprint density at radius 2 is 1.91 bits per heavy atom. The molecule has 2 N–H and O–H groups in total. The average Bonchev–Trinajstić information content (AvgIpc) is 2.57. The first kappa shape index (κ1) is 15.2. The third-order valence-corrected chi connectivity index (χ3v) is 3.70. The number of H-pyrrole nitrogens is 1. The Hall–Kier alpha value is -2.73. The van der Waals surface area contributed by atoms with E-state index in [1.165, 1.54) is 4.57 Å². The molecule has 0 aliphatic rings. The SMILES string of the molecule is O=c1[nH]c(=O)n(Cc2ccccc2)c2ncc(CCCO)cc12. The number of nitrogens with zero attached hydrogens (tertiary/aromatic N) is 2. The van der Waals surface area contributed by atoms with Gasteiger partial charge in [0.1, 0.15) is 5.65 Å². The maximum atomic E-state index is 12.1. The minimum atomic E-state index is -0.470. The zero-order valence-corrected chi connectivity index (χ0v) is 12.5. The Morgan fingerprint density at radius 3 is 2.65 bits per heavy atom. The van der Waals surface area contributed by atoms with Crippen LogP contribution >= 0.6 is 0 Å². The van der Waals surface area contributed by atoms with Crippen molar-refractivity contribution in [3.05, 3.63) is 74.6 Å². The van der Waals surface area contributed by atoms with Crippen molar-refractivity contribution in [3.63, 3.8) is 0 Å². The van der Waals surface area contributed by atoms with Gasteiger partial charge < -0.3 is 5.11 Å². The minimum Gasteiger partial charge on any atom is -0.396 e. The molecule has 2 heterocycles. The Kier molecular flexibility index (Phi) is 4.34. The van der Waals surface area contributed by atoms with Gasteiger partial charge in [-0.15, -0.1) is 0 Å². The van der Waals surface area contributed by atoms with Gasteiger partial charge in [-0.25, -0.2) is 9.78 Å². The van der Waals surface area contributed by atoms with E-state index in [4.69, 9.17) is 5.11 Å². The molecule has 2 aromatic heterocycles. The molecule has 3 aromatic rings. The molecule has 0 aliphatic carbocycles. The summed E-state index contributed by atoms with van der Waals surface area (Å²) in [6, 6.07) is 11.3. The Labute approximate surface area is 132 Å². The molecule has 6 nitrogen and oxygen atoms in total. The van der Waals surface area contributed by atoms with Crippen molar-refractivity contribution in [1.29, 1.82) is 0 Å². The minimum absolute atomic E-state index is 0.0852. The highest BCUT2D eigenvalue weighted by atomic mass is 16.3. The molecule has 0 radical (unpaired) electrons. The van der Waals surface area contributed by atoms with Crippen molar-refractivity contribution >= 4 is 11.0 Å². The highest BCUT2D eigenvalue weighted by molar-refractivity contribution is 5.74.